The Morgan fingerprint density at radius 1 is 0.744 bits per heavy atom. The van der Waals surface area contributed by atoms with Crippen LogP contribution in [0.2, 0.25) is 5.02 Å². The molecule has 2 heterocycles. The molecule has 2 aliphatic heterocycles. The van der Waals surface area contributed by atoms with E-state index < -0.39 is 0 Å². The molecular formula is C31H36ClN3O4. The number of halogens is 1. The highest BCUT2D eigenvalue weighted by Gasteiger charge is 2.17. The topological polar surface area (TPSA) is 63.3 Å². The van der Waals surface area contributed by atoms with E-state index in [2.05, 4.69) is 39.4 Å². The van der Waals surface area contributed by atoms with Gasteiger partial charge in [0.1, 0.15) is 0 Å². The maximum atomic E-state index is 13.3. The molecular weight excluding hydrogens is 514 g/mol. The summed E-state index contributed by atoms with van der Waals surface area (Å²) in [5.74, 6) is 1.69. The van der Waals surface area contributed by atoms with Crippen LogP contribution in [-0.4, -0.2) is 61.7 Å². The predicted molar refractivity (Wildman–Crippen MR) is 154 cm³/mol. The number of hydrogen-bond acceptors (Lipinski definition) is 6. The summed E-state index contributed by atoms with van der Waals surface area (Å²) in [6, 6.07) is 21.5. The first-order valence-corrected chi connectivity index (χ1v) is 14.1. The molecule has 0 aliphatic carbocycles. The van der Waals surface area contributed by atoms with Crippen molar-refractivity contribution in [1.82, 2.24) is 9.80 Å². The van der Waals surface area contributed by atoms with Crippen molar-refractivity contribution in [1.29, 1.82) is 0 Å². The third-order valence-electron chi connectivity index (χ3n) is 6.94. The van der Waals surface area contributed by atoms with Gasteiger partial charge in [-0.25, -0.2) is 0 Å². The minimum Gasteiger partial charge on any atom is -0.490 e. The summed E-state index contributed by atoms with van der Waals surface area (Å²) in [5.41, 5.74) is 3.02. The van der Waals surface area contributed by atoms with Crippen molar-refractivity contribution in [2.75, 3.05) is 51.3 Å². The zero-order valence-corrected chi connectivity index (χ0v) is 23.0. The molecule has 0 unspecified atom stereocenters. The largest absolute Gasteiger partial charge is 0.490 e. The highest BCUT2D eigenvalue weighted by Crippen LogP contribution is 2.36. The molecule has 1 saturated heterocycles. The summed E-state index contributed by atoms with van der Waals surface area (Å²) in [6.07, 6.45) is 2.91. The van der Waals surface area contributed by atoms with Gasteiger partial charge in [-0.15, -0.1) is 0 Å². The fraction of sp³-hybridized carbons (Fsp3) is 0.387. The Morgan fingerprint density at radius 3 is 2.33 bits per heavy atom. The SMILES string of the molecule is O=C1CN(Cc2cccc(CN3CCOCC3)c2)CCCCCOc2ccccc2Oc2ccc(Cl)cc2N1. The van der Waals surface area contributed by atoms with Gasteiger partial charge in [-0.3, -0.25) is 14.6 Å². The van der Waals surface area contributed by atoms with E-state index in [1.54, 1.807) is 18.2 Å². The number of nitrogens with zero attached hydrogens (tertiary/aromatic N) is 2. The van der Waals surface area contributed by atoms with Crippen molar-refractivity contribution < 1.29 is 19.0 Å². The Labute approximate surface area is 235 Å². The Balaban J connectivity index is 1.31. The van der Waals surface area contributed by atoms with Gasteiger partial charge in [0.05, 0.1) is 32.1 Å². The molecule has 7 nitrogen and oxygen atoms in total. The van der Waals surface area contributed by atoms with Gasteiger partial charge < -0.3 is 19.5 Å². The first kappa shape index (κ1) is 27.5. The first-order chi connectivity index (χ1) is 19.1. The van der Waals surface area contributed by atoms with E-state index >= 15 is 0 Å². The van der Waals surface area contributed by atoms with Gasteiger partial charge in [0.2, 0.25) is 5.91 Å². The van der Waals surface area contributed by atoms with E-state index in [0.29, 0.717) is 41.1 Å². The molecule has 2 aliphatic rings. The predicted octanol–water partition coefficient (Wildman–Crippen LogP) is 5.97. The number of morpholine rings is 1. The van der Waals surface area contributed by atoms with Crippen molar-refractivity contribution in [2.24, 2.45) is 0 Å². The lowest BCUT2D eigenvalue weighted by Crippen LogP contribution is -2.35. The Bertz CT molecular complexity index is 1250. The number of anilines is 1. The molecule has 8 heteroatoms. The van der Waals surface area contributed by atoms with Crippen molar-refractivity contribution >= 4 is 23.2 Å². The average molecular weight is 550 g/mol. The summed E-state index contributed by atoms with van der Waals surface area (Å²) < 4.78 is 17.7. The smallest absolute Gasteiger partial charge is 0.238 e. The van der Waals surface area contributed by atoms with Gasteiger partial charge in [0.15, 0.2) is 17.2 Å². The maximum absolute atomic E-state index is 13.3. The van der Waals surface area contributed by atoms with Crippen molar-refractivity contribution in [3.05, 3.63) is 82.9 Å². The van der Waals surface area contributed by atoms with Crippen LogP contribution in [-0.2, 0) is 22.6 Å². The molecule has 206 valence electrons. The number of fused-ring (bicyclic) bond motifs is 2. The maximum Gasteiger partial charge on any atom is 0.238 e. The number of benzene rings is 3. The lowest BCUT2D eigenvalue weighted by atomic mass is 10.1. The molecule has 1 N–H and O–H groups in total. The van der Waals surface area contributed by atoms with Crippen LogP contribution in [0.4, 0.5) is 5.69 Å². The van der Waals surface area contributed by atoms with Gasteiger partial charge in [-0.2, -0.15) is 0 Å². The zero-order valence-electron chi connectivity index (χ0n) is 22.2. The molecule has 5 rings (SSSR count). The summed E-state index contributed by atoms with van der Waals surface area (Å²) in [5, 5.41) is 3.56. The van der Waals surface area contributed by atoms with Gasteiger partial charge in [0.25, 0.3) is 0 Å². The Kier molecular flexibility index (Phi) is 9.72. The van der Waals surface area contributed by atoms with E-state index in [0.717, 1.165) is 58.7 Å². The van der Waals surface area contributed by atoms with Crippen molar-refractivity contribution in [2.45, 2.75) is 32.4 Å². The second-order valence-corrected chi connectivity index (χ2v) is 10.5. The van der Waals surface area contributed by atoms with Crippen molar-refractivity contribution in [3.63, 3.8) is 0 Å². The number of ether oxygens (including phenoxy) is 3. The van der Waals surface area contributed by atoms with E-state index in [4.69, 9.17) is 25.8 Å². The number of amides is 1. The minimum absolute atomic E-state index is 0.106. The number of carbonyl (C=O) groups is 1. The molecule has 3 aromatic carbocycles. The molecule has 0 radical (unpaired) electrons. The van der Waals surface area contributed by atoms with Crippen LogP contribution in [0.25, 0.3) is 0 Å². The second-order valence-electron chi connectivity index (χ2n) is 10.1. The molecule has 0 spiro atoms. The molecule has 1 fully saturated rings. The van der Waals surface area contributed by atoms with Crippen LogP contribution in [0.1, 0.15) is 30.4 Å². The van der Waals surface area contributed by atoms with Gasteiger partial charge in [-0.05, 0) is 67.3 Å². The van der Waals surface area contributed by atoms with Crippen LogP contribution in [0.3, 0.4) is 0 Å². The second kappa shape index (κ2) is 13.8. The van der Waals surface area contributed by atoms with E-state index in [-0.39, 0.29) is 12.5 Å². The van der Waals surface area contributed by atoms with Crippen LogP contribution >= 0.6 is 11.6 Å². The molecule has 1 amide bonds. The molecule has 39 heavy (non-hydrogen) atoms. The summed E-state index contributed by atoms with van der Waals surface area (Å²) in [4.78, 5) is 17.9. The van der Waals surface area contributed by atoms with E-state index in [1.165, 1.54) is 11.1 Å². The quantitative estimate of drug-likeness (QED) is 0.433. The Hall–Kier alpha value is -3.10. The van der Waals surface area contributed by atoms with Gasteiger partial charge >= 0.3 is 0 Å². The van der Waals surface area contributed by atoms with Crippen LogP contribution < -0.4 is 14.8 Å². The lowest BCUT2D eigenvalue weighted by Gasteiger charge is -2.27. The fourth-order valence-electron chi connectivity index (χ4n) is 4.97. The monoisotopic (exact) mass is 549 g/mol. The molecule has 0 aromatic heterocycles. The summed E-state index contributed by atoms with van der Waals surface area (Å²) >= 11 is 6.29. The third kappa shape index (κ3) is 8.19. The van der Waals surface area contributed by atoms with Crippen LogP contribution in [0, 0.1) is 0 Å². The minimum atomic E-state index is -0.106. The standard InChI is InChI=1S/C31H36ClN3O4/c32-26-11-12-28-27(20-26)33-31(36)23-35(13-4-1-5-16-38-29-9-2-3-10-30(29)39-28)22-25-8-6-7-24(19-25)21-34-14-17-37-18-15-34/h2-3,6-12,19-20H,1,4-5,13-18,21-23H2,(H,33,36). The Morgan fingerprint density at radius 2 is 1.51 bits per heavy atom. The normalized spacial score (nSPS) is 17.9. The van der Waals surface area contributed by atoms with Gasteiger partial charge in [0, 0.05) is 31.2 Å². The highest BCUT2D eigenvalue weighted by atomic mass is 35.5. The van der Waals surface area contributed by atoms with Crippen molar-refractivity contribution in [3.8, 4) is 17.2 Å². The fourth-order valence-corrected chi connectivity index (χ4v) is 5.14. The molecule has 3 aromatic rings. The summed E-state index contributed by atoms with van der Waals surface area (Å²) in [7, 11) is 0. The number of para-hydroxylation sites is 2. The molecule has 0 atom stereocenters. The van der Waals surface area contributed by atoms with E-state index in [9.17, 15) is 4.79 Å². The first-order valence-electron chi connectivity index (χ1n) is 13.7. The molecule has 0 saturated carbocycles. The lowest BCUT2D eigenvalue weighted by molar-refractivity contribution is -0.117. The summed E-state index contributed by atoms with van der Waals surface area (Å²) in [6.45, 7) is 6.81. The van der Waals surface area contributed by atoms with E-state index in [1.807, 2.05) is 24.3 Å². The molecule has 0 bridgehead atoms. The number of nitrogens with one attached hydrogen (secondary N) is 1. The number of hydrogen-bond donors (Lipinski definition) is 1. The zero-order chi connectivity index (χ0) is 26.9. The van der Waals surface area contributed by atoms with Crippen LogP contribution in [0.15, 0.2) is 66.7 Å². The van der Waals surface area contributed by atoms with Gasteiger partial charge in [-0.1, -0.05) is 48.0 Å². The van der Waals surface area contributed by atoms with Crippen LogP contribution in [0.5, 0.6) is 17.2 Å². The highest BCUT2D eigenvalue weighted by molar-refractivity contribution is 6.31. The number of carbonyl (C=O) groups excluding carboxylic acids is 1. The average Bonchev–Trinajstić information content (AvgIpc) is 2.93. The third-order valence-corrected chi connectivity index (χ3v) is 7.17. The number of rotatable bonds is 4.